The summed E-state index contributed by atoms with van der Waals surface area (Å²) in [6, 6.07) is 8.74. The van der Waals surface area contributed by atoms with E-state index >= 15 is 0 Å². The van der Waals surface area contributed by atoms with Gasteiger partial charge in [-0.1, -0.05) is 37.0 Å². The zero-order valence-corrected chi connectivity index (χ0v) is 23.4. The van der Waals surface area contributed by atoms with Crippen LogP contribution >= 0.6 is 23.2 Å². The van der Waals surface area contributed by atoms with Gasteiger partial charge in [0.05, 0.1) is 28.9 Å². The number of carbonyl (C=O) groups is 1. The van der Waals surface area contributed by atoms with Crippen LogP contribution in [0.1, 0.15) is 38.2 Å². The summed E-state index contributed by atoms with van der Waals surface area (Å²) in [5, 5.41) is 3.23. The van der Waals surface area contributed by atoms with Crippen LogP contribution in [0.15, 0.2) is 30.3 Å². The fourth-order valence-corrected chi connectivity index (χ4v) is 7.78. The van der Waals surface area contributed by atoms with E-state index in [4.69, 9.17) is 32.7 Å². The monoisotopic (exact) mass is 567 g/mol. The van der Waals surface area contributed by atoms with Crippen molar-refractivity contribution >= 4 is 44.8 Å². The Hall–Kier alpha value is -2.04. The lowest BCUT2D eigenvalue weighted by molar-refractivity contribution is -0.125. The fraction of sp³-hybridized carbons (Fsp3) is 0.500. The normalized spacial score (nSPS) is 19.4. The highest BCUT2D eigenvalue weighted by atomic mass is 35.5. The lowest BCUT2D eigenvalue weighted by Gasteiger charge is -2.59. The highest BCUT2D eigenvalue weighted by molar-refractivity contribution is 7.90. The molecule has 2 aliphatic heterocycles. The number of carbonyl (C=O) groups excluding carboxylic acids is 1. The van der Waals surface area contributed by atoms with E-state index in [1.54, 1.807) is 29.6 Å². The number of rotatable bonds is 9. The van der Waals surface area contributed by atoms with E-state index in [-0.39, 0.29) is 39.1 Å². The van der Waals surface area contributed by atoms with Crippen molar-refractivity contribution < 1.29 is 22.7 Å². The molecule has 200 valence electrons. The molecule has 1 saturated carbocycles. The topological polar surface area (TPSA) is 88.2 Å². The first-order valence-electron chi connectivity index (χ1n) is 12.4. The number of hydrogen-bond donors (Lipinski definition) is 1. The zero-order valence-electron chi connectivity index (χ0n) is 21.1. The molecule has 37 heavy (non-hydrogen) atoms. The maximum absolute atomic E-state index is 12.6. The number of sulfonamides is 1. The Morgan fingerprint density at radius 1 is 1.11 bits per heavy atom. The van der Waals surface area contributed by atoms with Crippen molar-refractivity contribution in [1.82, 2.24) is 9.21 Å². The summed E-state index contributed by atoms with van der Waals surface area (Å²) < 4.78 is 37.7. The quantitative estimate of drug-likeness (QED) is 0.460. The van der Waals surface area contributed by atoms with Crippen LogP contribution in [0.25, 0.3) is 0 Å². The average Bonchev–Trinajstić information content (AvgIpc) is 3.62. The van der Waals surface area contributed by atoms with Crippen molar-refractivity contribution in [2.24, 2.45) is 5.41 Å². The van der Waals surface area contributed by atoms with Crippen molar-refractivity contribution in [3.63, 3.8) is 0 Å². The number of methoxy groups -OCH3 is 1. The Balaban J connectivity index is 1.15. The summed E-state index contributed by atoms with van der Waals surface area (Å²) in [7, 11) is -1.47. The third-order valence-electron chi connectivity index (χ3n) is 7.14. The van der Waals surface area contributed by atoms with E-state index in [9.17, 15) is 13.2 Å². The predicted octanol–water partition coefficient (Wildman–Crippen LogP) is 4.97. The molecule has 8 nitrogen and oxygen atoms in total. The van der Waals surface area contributed by atoms with Gasteiger partial charge in [0.1, 0.15) is 11.5 Å². The molecule has 1 aliphatic carbocycles. The summed E-state index contributed by atoms with van der Waals surface area (Å²) in [4.78, 5) is 14.6. The van der Waals surface area contributed by atoms with E-state index in [0.717, 1.165) is 24.2 Å². The Bertz CT molecular complexity index is 1290. The number of anilines is 1. The van der Waals surface area contributed by atoms with Crippen LogP contribution in [-0.2, 0) is 14.8 Å². The second kappa shape index (κ2) is 9.93. The maximum Gasteiger partial charge on any atom is 0.238 e. The van der Waals surface area contributed by atoms with Crippen LogP contribution in [0.3, 0.4) is 0 Å². The Morgan fingerprint density at radius 3 is 2.32 bits per heavy atom. The average molecular weight is 569 g/mol. The van der Waals surface area contributed by atoms with Crippen molar-refractivity contribution in [2.75, 3.05) is 45.2 Å². The van der Waals surface area contributed by atoms with E-state index in [1.807, 2.05) is 17.0 Å². The van der Waals surface area contributed by atoms with Gasteiger partial charge in [0.25, 0.3) is 0 Å². The minimum atomic E-state index is -3.10. The number of amides is 1. The summed E-state index contributed by atoms with van der Waals surface area (Å²) in [6.45, 7) is 6.90. The number of nitrogens with one attached hydrogen (secondary N) is 1. The number of ether oxygens (including phenoxy) is 2. The molecule has 5 rings (SSSR count). The van der Waals surface area contributed by atoms with Gasteiger partial charge in [-0.3, -0.25) is 9.69 Å². The number of benzene rings is 2. The van der Waals surface area contributed by atoms with Gasteiger partial charge in [0.2, 0.25) is 15.9 Å². The molecule has 11 heteroatoms. The number of likely N-dealkylation sites (tertiary alicyclic amines) is 1. The molecule has 0 bridgehead atoms. The summed E-state index contributed by atoms with van der Waals surface area (Å²) in [5.74, 6) is 1.72. The molecular formula is C26H31Cl2N3O5S. The molecular weight excluding hydrogens is 537 g/mol. The zero-order chi connectivity index (χ0) is 26.5. The third-order valence-corrected chi connectivity index (χ3v) is 9.99. The van der Waals surface area contributed by atoms with Gasteiger partial charge >= 0.3 is 0 Å². The fourth-order valence-electron chi connectivity index (χ4n) is 5.15. The molecule has 2 heterocycles. The lowest BCUT2D eigenvalue weighted by Crippen LogP contribution is -2.73. The molecule has 3 fully saturated rings. The summed E-state index contributed by atoms with van der Waals surface area (Å²) in [5.41, 5.74) is 1.47. The molecule has 0 atom stereocenters. The first-order valence-corrected chi connectivity index (χ1v) is 14.6. The van der Waals surface area contributed by atoms with Gasteiger partial charge in [-0.2, -0.15) is 0 Å². The molecule has 2 saturated heterocycles. The minimum Gasteiger partial charge on any atom is -0.496 e. The van der Waals surface area contributed by atoms with Crippen LogP contribution in [0.2, 0.25) is 10.0 Å². The standard InChI is InChI=1S/C26H31Cl2N3O5S/c1-16(2)20-10-18(4-7-23(20)35-3)36-25-21(27)8-17(9-22(25)28)29-24(32)11-30-12-26(13-30)14-31(15-26)37(33,34)19-5-6-19/h4,7-10,16,19H,5-6,11-15H2,1-3H3,(H,29,32). The van der Waals surface area contributed by atoms with Crippen molar-refractivity contribution in [1.29, 1.82) is 0 Å². The largest absolute Gasteiger partial charge is 0.496 e. The van der Waals surface area contributed by atoms with Gasteiger partial charge in [0.15, 0.2) is 5.75 Å². The van der Waals surface area contributed by atoms with E-state index < -0.39 is 10.0 Å². The van der Waals surface area contributed by atoms with Crippen LogP contribution in [0, 0.1) is 5.41 Å². The first-order chi connectivity index (χ1) is 17.5. The number of halogens is 2. The Morgan fingerprint density at radius 2 is 1.76 bits per heavy atom. The highest BCUT2D eigenvalue weighted by Gasteiger charge is 2.57. The molecule has 0 aromatic heterocycles. The highest BCUT2D eigenvalue weighted by Crippen LogP contribution is 2.44. The van der Waals surface area contributed by atoms with Gasteiger partial charge in [-0.25, -0.2) is 12.7 Å². The third kappa shape index (κ3) is 5.43. The van der Waals surface area contributed by atoms with Crippen LogP contribution in [0.4, 0.5) is 5.69 Å². The summed E-state index contributed by atoms with van der Waals surface area (Å²) in [6.07, 6.45) is 1.56. The molecule has 2 aromatic rings. The van der Waals surface area contributed by atoms with Gasteiger partial charge < -0.3 is 14.8 Å². The van der Waals surface area contributed by atoms with Gasteiger partial charge in [-0.05, 0) is 49.1 Å². The number of hydrogen-bond acceptors (Lipinski definition) is 6. The lowest BCUT2D eigenvalue weighted by atomic mass is 9.74. The number of nitrogens with zero attached hydrogens (tertiary/aromatic N) is 2. The van der Waals surface area contributed by atoms with E-state index in [0.29, 0.717) is 43.4 Å². The minimum absolute atomic E-state index is 0.00919. The van der Waals surface area contributed by atoms with E-state index in [1.165, 1.54) is 0 Å². The van der Waals surface area contributed by atoms with Crippen molar-refractivity contribution in [3.05, 3.63) is 45.9 Å². The molecule has 1 amide bonds. The van der Waals surface area contributed by atoms with Crippen LogP contribution < -0.4 is 14.8 Å². The van der Waals surface area contributed by atoms with Crippen molar-refractivity contribution in [3.8, 4) is 17.2 Å². The maximum atomic E-state index is 12.6. The molecule has 2 aromatic carbocycles. The van der Waals surface area contributed by atoms with Crippen LogP contribution in [0.5, 0.6) is 17.2 Å². The smallest absolute Gasteiger partial charge is 0.238 e. The Labute approximate surface area is 227 Å². The molecule has 0 unspecified atom stereocenters. The second-order valence-corrected chi connectivity index (χ2v) is 13.7. The molecule has 1 N–H and O–H groups in total. The SMILES string of the molecule is COc1ccc(Oc2c(Cl)cc(NC(=O)CN3CC4(C3)CN(S(=O)(=O)C3CC3)C4)cc2Cl)cc1C(C)C. The van der Waals surface area contributed by atoms with E-state index in [2.05, 4.69) is 19.2 Å². The first kappa shape index (κ1) is 26.6. The molecule has 0 radical (unpaired) electrons. The second-order valence-electron chi connectivity index (χ2n) is 10.6. The summed E-state index contributed by atoms with van der Waals surface area (Å²) >= 11 is 12.9. The van der Waals surface area contributed by atoms with Crippen molar-refractivity contribution in [2.45, 2.75) is 37.9 Å². The van der Waals surface area contributed by atoms with Gasteiger partial charge in [0, 0.05) is 42.8 Å². The Kier molecular flexibility index (Phi) is 7.13. The van der Waals surface area contributed by atoms with Gasteiger partial charge in [-0.15, -0.1) is 0 Å². The molecule has 3 aliphatic rings. The molecule has 1 spiro atoms. The predicted molar refractivity (Wildman–Crippen MR) is 145 cm³/mol. The van der Waals surface area contributed by atoms with Crippen LogP contribution in [-0.4, -0.2) is 68.6 Å².